The third-order valence-electron chi connectivity index (χ3n) is 3.43. The van der Waals surface area contributed by atoms with Crippen LogP contribution in [0.1, 0.15) is 22.6 Å². The van der Waals surface area contributed by atoms with Crippen molar-refractivity contribution in [2.75, 3.05) is 6.54 Å². The third kappa shape index (κ3) is 2.17. The van der Waals surface area contributed by atoms with Gasteiger partial charge in [0.15, 0.2) is 0 Å². The molecule has 1 aliphatic rings. The van der Waals surface area contributed by atoms with Crippen LogP contribution in [-0.4, -0.2) is 16.6 Å². The molecule has 0 amide bonds. The Morgan fingerprint density at radius 2 is 2.11 bits per heavy atom. The number of hydrogen-bond acceptors (Lipinski definition) is 4. The molecule has 4 nitrogen and oxygen atoms in total. The van der Waals surface area contributed by atoms with Gasteiger partial charge >= 0.3 is 0 Å². The quantitative estimate of drug-likeness (QED) is 0.891. The molecule has 2 N–H and O–H groups in total. The molecule has 2 heterocycles. The minimum absolute atomic E-state index is 0.456. The summed E-state index contributed by atoms with van der Waals surface area (Å²) in [5.74, 6) is 1.01. The summed E-state index contributed by atoms with van der Waals surface area (Å²) in [5.41, 5.74) is 9.11. The van der Waals surface area contributed by atoms with Gasteiger partial charge in [0.25, 0.3) is 0 Å². The molecule has 0 saturated carbocycles. The van der Waals surface area contributed by atoms with E-state index in [9.17, 15) is 0 Å². The first-order chi connectivity index (χ1) is 8.86. The van der Waals surface area contributed by atoms with Crippen molar-refractivity contribution in [1.29, 1.82) is 0 Å². The zero-order valence-corrected chi connectivity index (χ0v) is 10.3. The molecule has 2 aromatic rings. The van der Waals surface area contributed by atoms with E-state index in [4.69, 9.17) is 10.3 Å². The SMILES string of the molecule is NCc1noc2c1CN(Cc1ccccc1)CC2. The van der Waals surface area contributed by atoms with Crippen LogP contribution in [0.3, 0.4) is 0 Å². The molecule has 4 heteroatoms. The van der Waals surface area contributed by atoms with E-state index >= 15 is 0 Å². The molecular formula is C14H17N3O. The average molecular weight is 243 g/mol. The topological polar surface area (TPSA) is 55.3 Å². The number of benzene rings is 1. The third-order valence-corrected chi connectivity index (χ3v) is 3.43. The van der Waals surface area contributed by atoms with Gasteiger partial charge in [-0.05, 0) is 5.56 Å². The number of aromatic nitrogens is 1. The van der Waals surface area contributed by atoms with Crippen molar-refractivity contribution in [1.82, 2.24) is 10.1 Å². The molecule has 18 heavy (non-hydrogen) atoms. The van der Waals surface area contributed by atoms with Crippen LogP contribution in [0.25, 0.3) is 0 Å². The summed E-state index contributed by atoms with van der Waals surface area (Å²) in [6, 6.07) is 10.5. The van der Waals surface area contributed by atoms with Crippen LogP contribution < -0.4 is 5.73 Å². The fraction of sp³-hybridized carbons (Fsp3) is 0.357. The highest BCUT2D eigenvalue weighted by Crippen LogP contribution is 2.23. The Bertz CT molecular complexity index is 508. The van der Waals surface area contributed by atoms with Crippen molar-refractivity contribution in [3.8, 4) is 0 Å². The first kappa shape index (κ1) is 11.4. The zero-order valence-electron chi connectivity index (χ0n) is 10.3. The van der Waals surface area contributed by atoms with E-state index < -0.39 is 0 Å². The van der Waals surface area contributed by atoms with Gasteiger partial charge in [-0.15, -0.1) is 0 Å². The van der Waals surface area contributed by atoms with Crippen LogP contribution in [0.5, 0.6) is 0 Å². The summed E-state index contributed by atoms with van der Waals surface area (Å²) in [7, 11) is 0. The van der Waals surface area contributed by atoms with Crippen molar-refractivity contribution in [3.63, 3.8) is 0 Å². The average Bonchev–Trinajstić information content (AvgIpc) is 2.82. The lowest BCUT2D eigenvalue weighted by Crippen LogP contribution is -2.30. The Morgan fingerprint density at radius 3 is 2.89 bits per heavy atom. The van der Waals surface area contributed by atoms with E-state index in [1.807, 2.05) is 6.07 Å². The van der Waals surface area contributed by atoms with Crippen LogP contribution in [0, 0.1) is 0 Å². The molecule has 0 atom stereocenters. The lowest BCUT2D eigenvalue weighted by molar-refractivity contribution is 0.228. The molecule has 0 aliphatic carbocycles. The van der Waals surface area contributed by atoms with Crippen molar-refractivity contribution >= 4 is 0 Å². The Morgan fingerprint density at radius 1 is 1.28 bits per heavy atom. The molecule has 1 aromatic heterocycles. The fourth-order valence-corrected chi connectivity index (χ4v) is 2.46. The molecule has 0 saturated heterocycles. The predicted octanol–water partition coefficient (Wildman–Crippen LogP) is 1.69. The van der Waals surface area contributed by atoms with E-state index in [1.54, 1.807) is 0 Å². The smallest absolute Gasteiger partial charge is 0.142 e. The Balaban J connectivity index is 1.74. The van der Waals surface area contributed by atoms with E-state index in [0.717, 1.165) is 37.5 Å². The Hall–Kier alpha value is -1.65. The van der Waals surface area contributed by atoms with Crippen LogP contribution in [-0.2, 0) is 26.1 Å². The molecule has 0 bridgehead atoms. The number of fused-ring (bicyclic) bond motifs is 1. The van der Waals surface area contributed by atoms with Gasteiger partial charge in [0.1, 0.15) is 11.5 Å². The van der Waals surface area contributed by atoms with Crippen LogP contribution >= 0.6 is 0 Å². The first-order valence-electron chi connectivity index (χ1n) is 6.29. The molecular weight excluding hydrogens is 226 g/mol. The van der Waals surface area contributed by atoms with Crippen molar-refractivity contribution in [2.45, 2.75) is 26.1 Å². The minimum atomic E-state index is 0.456. The van der Waals surface area contributed by atoms with Crippen LogP contribution in [0.15, 0.2) is 34.9 Å². The summed E-state index contributed by atoms with van der Waals surface area (Å²) < 4.78 is 5.32. The van der Waals surface area contributed by atoms with Gasteiger partial charge in [0, 0.05) is 38.2 Å². The van der Waals surface area contributed by atoms with Gasteiger partial charge < -0.3 is 10.3 Å². The normalized spacial score (nSPS) is 15.6. The Labute approximate surface area is 106 Å². The number of rotatable bonds is 3. The number of hydrogen-bond donors (Lipinski definition) is 1. The summed E-state index contributed by atoms with van der Waals surface area (Å²) in [6.07, 6.45) is 0.926. The molecule has 0 spiro atoms. The second kappa shape index (κ2) is 4.92. The summed E-state index contributed by atoms with van der Waals surface area (Å²) >= 11 is 0. The molecule has 0 radical (unpaired) electrons. The Kier molecular flexibility index (Phi) is 3.13. The van der Waals surface area contributed by atoms with Crippen LogP contribution in [0.2, 0.25) is 0 Å². The van der Waals surface area contributed by atoms with Gasteiger partial charge in [-0.3, -0.25) is 4.90 Å². The molecule has 1 aromatic carbocycles. The largest absolute Gasteiger partial charge is 0.361 e. The number of nitrogens with two attached hydrogens (primary N) is 1. The first-order valence-corrected chi connectivity index (χ1v) is 6.29. The standard InChI is InChI=1S/C14H17N3O/c15-8-13-12-10-17(7-6-14(12)18-16-13)9-11-4-2-1-3-5-11/h1-5H,6-10,15H2. The van der Waals surface area contributed by atoms with Gasteiger partial charge in [-0.1, -0.05) is 35.5 Å². The van der Waals surface area contributed by atoms with Crippen molar-refractivity contribution in [2.24, 2.45) is 5.73 Å². The highest BCUT2D eigenvalue weighted by molar-refractivity contribution is 5.25. The summed E-state index contributed by atoms with van der Waals surface area (Å²) in [4.78, 5) is 2.41. The van der Waals surface area contributed by atoms with E-state index in [2.05, 4.69) is 34.3 Å². The van der Waals surface area contributed by atoms with E-state index in [0.29, 0.717) is 6.54 Å². The van der Waals surface area contributed by atoms with Gasteiger partial charge in [-0.2, -0.15) is 0 Å². The van der Waals surface area contributed by atoms with Crippen molar-refractivity contribution in [3.05, 3.63) is 52.9 Å². The maximum Gasteiger partial charge on any atom is 0.142 e. The minimum Gasteiger partial charge on any atom is -0.361 e. The van der Waals surface area contributed by atoms with Crippen molar-refractivity contribution < 1.29 is 4.52 Å². The highest BCUT2D eigenvalue weighted by Gasteiger charge is 2.23. The lowest BCUT2D eigenvalue weighted by Gasteiger charge is -2.26. The second-order valence-electron chi connectivity index (χ2n) is 4.68. The summed E-state index contributed by atoms with van der Waals surface area (Å²) in [6.45, 7) is 3.33. The molecule has 94 valence electrons. The zero-order chi connectivity index (χ0) is 12.4. The van der Waals surface area contributed by atoms with E-state index in [1.165, 1.54) is 11.1 Å². The number of nitrogens with zero attached hydrogens (tertiary/aromatic N) is 2. The monoisotopic (exact) mass is 243 g/mol. The fourth-order valence-electron chi connectivity index (χ4n) is 2.46. The molecule has 0 unspecified atom stereocenters. The second-order valence-corrected chi connectivity index (χ2v) is 4.68. The van der Waals surface area contributed by atoms with E-state index in [-0.39, 0.29) is 0 Å². The summed E-state index contributed by atoms with van der Waals surface area (Å²) in [5, 5.41) is 4.03. The molecule has 1 aliphatic heterocycles. The lowest BCUT2D eigenvalue weighted by atomic mass is 10.1. The maximum atomic E-state index is 5.68. The maximum absolute atomic E-state index is 5.68. The van der Waals surface area contributed by atoms with Gasteiger partial charge in [0.2, 0.25) is 0 Å². The molecule has 3 rings (SSSR count). The molecule has 0 fully saturated rings. The van der Waals surface area contributed by atoms with Gasteiger partial charge in [-0.25, -0.2) is 0 Å². The van der Waals surface area contributed by atoms with Gasteiger partial charge in [0.05, 0.1) is 0 Å². The highest BCUT2D eigenvalue weighted by atomic mass is 16.5. The van der Waals surface area contributed by atoms with Crippen LogP contribution in [0.4, 0.5) is 0 Å². The predicted molar refractivity (Wildman–Crippen MR) is 68.7 cm³/mol.